The third kappa shape index (κ3) is 6.34. The molecule has 0 saturated heterocycles. The van der Waals surface area contributed by atoms with Gasteiger partial charge in [-0.15, -0.1) is 0 Å². The van der Waals surface area contributed by atoms with Crippen molar-refractivity contribution in [1.82, 2.24) is 10.4 Å². The highest BCUT2D eigenvalue weighted by molar-refractivity contribution is 8.14. The highest BCUT2D eigenvalue weighted by atomic mass is 35.5. The number of hydrogen-bond acceptors (Lipinski definition) is 6. The van der Waals surface area contributed by atoms with Gasteiger partial charge in [-0.05, 0) is 49.1 Å². The molecule has 0 bridgehead atoms. The average Bonchev–Trinajstić information content (AvgIpc) is 3.14. The Hall–Kier alpha value is -2.70. The maximum atomic E-state index is 6.32. The molecule has 0 unspecified atom stereocenters. The molecule has 2 aromatic carbocycles. The molecule has 0 spiro atoms. The minimum Gasteiger partial charge on any atom is -0.488 e. The summed E-state index contributed by atoms with van der Waals surface area (Å²) >= 11 is 7.73. The lowest BCUT2D eigenvalue weighted by molar-refractivity contribution is 0.0907. The minimum atomic E-state index is -0.403. The largest absolute Gasteiger partial charge is 0.488 e. The van der Waals surface area contributed by atoms with E-state index in [1.54, 1.807) is 11.8 Å². The quantitative estimate of drug-likeness (QED) is 0.422. The molecule has 36 heavy (non-hydrogen) atoms. The molecular weight excluding hydrogens is 488 g/mol. The number of thioether (sulfide) groups is 1. The van der Waals surface area contributed by atoms with Crippen LogP contribution in [0, 0.1) is 0 Å². The molecule has 2 aliphatic rings. The molecule has 0 aromatic heterocycles. The van der Waals surface area contributed by atoms with Gasteiger partial charge in [0, 0.05) is 27.8 Å². The monoisotopic (exact) mass is 522 g/mol. The van der Waals surface area contributed by atoms with Gasteiger partial charge in [0.15, 0.2) is 16.8 Å². The maximum absolute atomic E-state index is 6.32. The Morgan fingerprint density at radius 2 is 1.58 bits per heavy atom. The number of aliphatic imine (C=N–C) groups is 2. The lowest BCUT2D eigenvalue weighted by Crippen LogP contribution is -2.42. The molecule has 4 rings (SSSR count). The Balaban J connectivity index is 1.56. The van der Waals surface area contributed by atoms with Gasteiger partial charge >= 0.3 is 0 Å². The first-order chi connectivity index (χ1) is 16.7. The molecule has 5 nitrogen and oxygen atoms in total. The van der Waals surface area contributed by atoms with Crippen molar-refractivity contribution >= 4 is 34.4 Å². The number of ether oxygens (including phenoxy) is 1. The van der Waals surface area contributed by atoms with Gasteiger partial charge < -0.3 is 4.74 Å². The van der Waals surface area contributed by atoms with E-state index < -0.39 is 5.60 Å². The van der Waals surface area contributed by atoms with Crippen LogP contribution in [0.4, 0.5) is 0 Å². The van der Waals surface area contributed by atoms with Crippen LogP contribution in [-0.2, 0) is 5.41 Å². The van der Waals surface area contributed by atoms with Crippen molar-refractivity contribution in [3.63, 3.8) is 0 Å². The molecule has 7 heteroatoms. The second kappa shape index (κ2) is 9.64. The van der Waals surface area contributed by atoms with Gasteiger partial charge in [0.2, 0.25) is 0 Å². The number of benzene rings is 2. The number of halogens is 1. The predicted molar refractivity (Wildman–Crippen MR) is 154 cm³/mol. The van der Waals surface area contributed by atoms with Gasteiger partial charge in [-0.1, -0.05) is 88.8 Å². The smallest absolute Gasteiger partial charge is 0.191 e. The fourth-order valence-corrected chi connectivity index (χ4v) is 5.84. The molecule has 0 amide bonds. The molecule has 1 N–H and O–H groups in total. The molecule has 2 aliphatic heterocycles. The topological polar surface area (TPSA) is 49.2 Å². The van der Waals surface area contributed by atoms with Gasteiger partial charge in [0.25, 0.3) is 0 Å². The Morgan fingerprint density at radius 1 is 0.944 bits per heavy atom. The Bertz CT molecular complexity index is 1240. The molecule has 2 aromatic rings. The fourth-order valence-electron chi connectivity index (χ4n) is 4.44. The van der Waals surface area contributed by atoms with Gasteiger partial charge in [0.05, 0.1) is 5.70 Å². The second-order valence-electron chi connectivity index (χ2n) is 11.5. The lowest BCUT2D eigenvalue weighted by Gasteiger charge is -2.37. The van der Waals surface area contributed by atoms with Crippen LogP contribution in [0.2, 0.25) is 5.02 Å². The SMILES string of the molecule is C=C1C=C2N=C(c3ccc(C(C)(C)C)cc3)N=C(SC(C)(C)CC(C)(C)Oc3ccc(Cl)cc3)N2N1. The fraction of sp³-hybridized carbons (Fsp3) is 0.379. The first-order valence-corrected chi connectivity index (χ1v) is 13.3. The highest BCUT2D eigenvalue weighted by Gasteiger charge is 2.36. The van der Waals surface area contributed by atoms with E-state index in [0.29, 0.717) is 10.9 Å². The molecule has 0 atom stereocenters. The number of rotatable bonds is 6. The van der Waals surface area contributed by atoms with Crippen LogP contribution in [0.3, 0.4) is 0 Å². The summed E-state index contributed by atoms with van der Waals surface area (Å²) in [4.78, 5) is 9.80. The molecular formula is C29H35ClN4OS. The van der Waals surface area contributed by atoms with E-state index in [1.807, 2.05) is 35.4 Å². The summed E-state index contributed by atoms with van der Waals surface area (Å²) in [5, 5.41) is 3.44. The molecule has 0 saturated carbocycles. The van der Waals surface area contributed by atoms with Gasteiger partial charge in [-0.25, -0.2) is 15.0 Å². The van der Waals surface area contributed by atoms with E-state index in [9.17, 15) is 0 Å². The number of allylic oxidation sites excluding steroid dienone is 1. The van der Waals surface area contributed by atoms with Gasteiger partial charge in [0.1, 0.15) is 11.4 Å². The zero-order chi connectivity index (χ0) is 26.3. The van der Waals surface area contributed by atoms with Crippen molar-refractivity contribution in [2.45, 2.75) is 70.7 Å². The van der Waals surface area contributed by atoms with E-state index >= 15 is 0 Å². The summed E-state index contributed by atoms with van der Waals surface area (Å²) in [5.74, 6) is 2.29. The zero-order valence-electron chi connectivity index (χ0n) is 22.1. The molecule has 0 radical (unpaired) electrons. The average molecular weight is 523 g/mol. The number of hydrogen-bond donors (Lipinski definition) is 1. The molecule has 190 valence electrons. The standard InChI is InChI=1S/C29H35ClN4OS/c1-19-17-24-31-25(20-9-11-21(12-10-20)27(2,3)4)32-26(34(24)33-19)36-29(7,8)18-28(5,6)35-23-15-13-22(30)14-16-23/h9-17,33H,1,18H2,2-8H3. The summed E-state index contributed by atoms with van der Waals surface area (Å²) in [6, 6.07) is 16.0. The number of nitrogens with zero attached hydrogens (tertiary/aromatic N) is 3. The van der Waals surface area contributed by atoms with Crippen LogP contribution in [0.25, 0.3) is 0 Å². The first-order valence-electron chi connectivity index (χ1n) is 12.1. The van der Waals surface area contributed by atoms with E-state index in [4.69, 9.17) is 26.3 Å². The van der Waals surface area contributed by atoms with Crippen LogP contribution in [0.5, 0.6) is 5.75 Å². The second-order valence-corrected chi connectivity index (χ2v) is 13.6. The molecule has 0 aliphatic carbocycles. The number of hydrazine groups is 1. The van der Waals surface area contributed by atoms with Crippen molar-refractivity contribution in [2.24, 2.45) is 9.98 Å². The van der Waals surface area contributed by atoms with Crippen molar-refractivity contribution in [3.8, 4) is 5.75 Å². The van der Waals surface area contributed by atoms with E-state index in [0.717, 1.165) is 34.4 Å². The van der Waals surface area contributed by atoms with Gasteiger partial charge in [-0.2, -0.15) is 0 Å². The van der Waals surface area contributed by atoms with Crippen LogP contribution < -0.4 is 10.2 Å². The lowest BCUT2D eigenvalue weighted by atomic mass is 9.86. The van der Waals surface area contributed by atoms with Crippen LogP contribution in [0.1, 0.15) is 66.0 Å². The first kappa shape index (κ1) is 26.4. The Morgan fingerprint density at radius 3 is 2.19 bits per heavy atom. The summed E-state index contributed by atoms with van der Waals surface area (Å²) < 4.78 is 6.13. The van der Waals surface area contributed by atoms with E-state index in [1.165, 1.54) is 5.56 Å². The number of nitrogens with one attached hydrogen (secondary N) is 1. The summed E-state index contributed by atoms with van der Waals surface area (Å²) in [7, 11) is 0. The van der Waals surface area contributed by atoms with Crippen LogP contribution in [0.15, 0.2) is 82.7 Å². The third-order valence-electron chi connectivity index (χ3n) is 5.84. The molecule has 2 heterocycles. The molecule has 0 fully saturated rings. The Kier molecular flexibility index (Phi) is 7.06. The van der Waals surface area contributed by atoms with Gasteiger partial charge in [-0.3, -0.25) is 5.43 Å². The zero-order valence-corrected chi connectivity index (χ0v) is 23.7. The highest BCUT2D eigenvalue weighted by Crippen LogP contribution is 2.39. The minimum absolute atomic E-state index is 0.0918. The normalized spacial score (nSPS) is 16.2. The maximum Gasteiger partial charge on any atom is 0.191 e. The van der Waals surface area contributed by atoms with E-state index in [2.05, 4.69) is 84.7 Å². The van der Waals surface area contributed by atoms with Crippen molar-refractivity contribution in [1.29, 1.82) is 0 Å². The number of fused-ring (bicyclic) bond motifs is 1. The van der Waals surface area contributed by atoms with Crippen molar-refractivity contribution < 1.29 is 4.74 Å². The van der Waals surface area contributed by atoms with Crippen molar-refractivity contribution in [2.75, 3.05) is 0 Å². The Labute approximate surface area is 224 Å². The summed E-state index contributed by atoms with van der Waals surface area (Å²) in [5.41, 5.74) is 6.03. The number of amidine groups is 2. The summed E-state index contributed by atoms with van der Waals surface area (Å²) in [6.45, 7) is 19.4. The predicted octanol–water partition coefficient (Wildman–Crippen LogP) is 7.69. The third-order valence-corrected chi connectivity index (χ3v) is 7.24. The van der Waals surface area contributed by atoms with Crippen LogP contribution in [-0.4, -0.2) is 26.4 Å². The van der Waals surface area contributed by atoms with Crippen LogP contribution >= 0.6 is 23.4 Å². The van der Waals surface area contributed by atoms with Crippen molar-refractivity contribution in [3.05, 3.63) is 88.9 Å². The van der Waals surface area contributed by atoms with E-state index in [-0.39, 0.29) is 10.2 Å². The summed E-state index contributed by atoms with van der Waals surface area (Å²) in [6.07, 6.45) is 2.73.